The fourth-order valence-electron chi connectivity index (χ4n) is 0.530. The molecule has 1 unspecified atom stereocenters. The summed E-state index contributed by atoms with van der Waals surface area (Å²) in [5, 5.41) is -0.225. The summed E-state index contributed by atoms with van der Waals surface area (Å²) in [6.07, 6.45) is 3.88. The van der Waals surface area contributed by atoms with Crippen LogP contribution in [0.3, 0.4) is 0 Å². The Kier molecular flexibility index (Phi) is 18.0. The van der Waals surface area contributed by atoms with Crippen molar-refractivity contribution in [2.45, 2.75) is 26.7 Å². The zero-order chi connectivity index (χ0) is 7.28. The molecule has 0 bridgehead atoms. The molecule has 3 heteroatoms. The van der Waals surface area contributed by atoms with Crippen molar-refractivity contribution in [1.29, 1.82) is 0 Å². The first-order valence-electron chi connectivity index (χ1n) is 3.15. The van der Waals surface area contributed by atoms with E-state index < -0.39 is 0 Å². The van der Waals surface area contributed by atoms with Crippen LogP contribution in [0.5, 0.6) is 0 Å². The minimum absolute atomic E-state index is 0. The van der Waals surface area contributed by atoms with E-state index in [1.54, 1.807) is 0 Å². The van der Waals surface area contributed by atoms with E-state index in [0.717, 1.165) is 12.8 Å². The molecule has 0 fully saturated rings. The van der Waals surface area contributed by atoms with Crippen molar-refractivity contribution >= 4 is 16.8 Å². The van der Waals surface area contributed by atoms with E-state index in [2.05, 4.69) is 0 Å². The van der Waals surface area contributed by atoms with Crippen LogP contribution in [0.1, 0.15) is 26.7 Å². The van der Waals surface area contributed by atoms with Crippen LogP contribution in [0, 0.1) is 50.9 Å². The van der Waals surface area contributed by atoms with Crippen molar-refractivity contribution in [3.05, 3.63) is 13.8 Å². The van der Waals surface area contributed by atoms with Crippen molar-refractivity contribution in [3.63, 3.8) is 0 Å². The maximum atomic E-state index is 10.4. The summed E-state index contributed by atoms with van der Waals surface area (Å²) in [5.41, 5.74) is 0. The van der Waals surface area contributed by atoms with Gasteiger partial charge in [-0.15, -0.1) is 0 Å². The van der Waals surface area contributed by atoms with Gasteiger partial charge in [0.05, 0.1) is 0 Å². The topological polar surface area (TPSA) is 17.1 Å². The van der Waals surface area contributed by atoms with Gasteiger partial charge in [0.25, 0.3) is 0 Å². The van der Waals surface area contributed by atoms with Gasteiger partial charge in [-0.1, -0.05) is 13.3 Å². The molecule has 0 aromatic carbocycles. The van der Waals surface area contributed by atoms with Crippen molar-refractivity contribution in [2.75, 3.05) is 0 Å². The zero-order valence-corrected chi connectivity index (χ0v) is 12.3. The molecule has 11 heavy (non-hydrogen) atoms. The normalized spacial score (nSPS) is 10.8. The van der Waals surface area contributed by atoms with Crippen LogP contribution < -0.4 is 0 Å². The van der Waals surface area contributed by atoms with Gasteiger partial charge in [0, 0.05) is 5.92 Å². The quantitative estimate of drug-likeness (QED) is 0.524. The van der Waals surface area contributed by atoms with E-state index in [1.165, 1.54) is 0 Å². The first-order chi connectivity index (χ1) is 4.18. The average molecular weight is 401 g/mol. The molecule has 0 heterocycles. The molecule has 1 nitrogen and oxygen atoms in total. The Labute approximate surface area is 98.6 Å². The number of unbranched alkanes of at least 4 members (excludes halogenated alkanes) is 1. The third-order valence-corrected chi connectivity index (χ3v) is 1.65. The van der Waals surface area contributed by atoms with Gasteiger partial charge in [0.2, 0.25) is 5.24 Å². The Morgan fingerprint density at radius 3 is 2.36 bits per heavy atom. The van der Waals surface area contributed by atoms with Gasteiger partial charge >= 0.3 is 31.1 Å². The number of hydrogen-bond acceptors (Lipinski definition) is 1. The maximum Gasteiger partial charge on any atom is 2.00 e. The maximum absolute atomic E-state index is 10.4. The number of rotatable bonds is 4. The second-order valence-corrected chi connectivity index (χ2v) is 2.56. The Hall–Kier alpha value is 1.01. The Balaban J connectivity index is -0.000000320. The van der Waals surface area contributed by atoms with E-state index in [9.17, 15) is 4.79 Å². The first-order valence-corrected chi connectivity index (χ1v) is 3.53. The van der Waals surface area contributed by atoms with Gasteiger partial charge in [0.15, 0.2) is 0 Å². The summed E-state index contributed by atoms with van der Waals surface area (Å²) < 4.78 is 0. The van der Waals surface area contributed by atoms with Crippen LogP contribution >= 0.6 is 11.6 Å². The molecule has 1 atom stereocenters. The van der Waals surface area contributed by atoms with Crippen LogP contribution in [0.25, 0.3) is 0 Å². The Bertz CT molecular complexity index is 96.1. The van der Waals surface area contributed by atoms with Crippen LogP contribution in [0.15, 0.2) is 0 Å². The van der Waals surface area contributed by atoms with Crippen LogP contribution in [-0.4, -0.2) is 5.24 Å². The largest absolute Gasteiger partial charge is 2.00 e. The molecule has 0 aliphatic heterocycles. The molecule has 0 N–H and O–H groups in total. The van der Waals surface area contributed by atoms with E-state index in [0.29, 0.717) is 0 Å². The van der Waals surface area contributed by atoms with Crippen molar-refractivity contribution in [1.82, 2.24) is 0 Å². The predicted octanol–water partition coefficient (Wildman–Crippen LogP) is 2.84. The molecule has 64 valence electrons. The standard InChI is InChI=1S/C7H12ClO.CH3.U/c1-3-4-5-6(2)7(8)9;;/h3,6H,4-5H2,1-2H3;1H3;/q2*-1;+2. The fraction of sp³-hybridized carbons (Fsp3) is 0.625. The summed E-state index contributed by atoms with van der Waals surface area (Å²) in [6.45, 7) is 3.82. The van der Waals surface area contributed by atoms with E-state index in [4.69, 9.17) is 11.6 Å². The average Bonchev–Trinajstić information content (AvgIpc) is 1.82. The van der Waals surface area contributed by atoms with Crippen molar-refractivity contribution in [2.24, 2.45) is 5.92 Å². The molecule has 0 rings (SSSR count). The molecule has 0 amide bonds. The molecule has 0 aliphatic rings. The number of hydrogen-bond donors (Lipinski definition) is 0. The fourth-order valence-corrected chi connectivity index (χ4v) is 0.639. The summed E-state index contributed by atoms with van der Waals surface area (Å²) in [7, 11) is 0. The SMILES string of the molecule is C[CH-]CCC(C)C(=O)Cl.[CH3-].[U+2]. The molecule has 0 aliphatic carbocycles. The predicted molar refractivity (Wildman–Crippen MR) is 45.6 cm³/mol. The van der Waals surface area contributed by atoms with Gasteiger partial charge in [-0.25, -0.2) is 0 Å². The van der Waals surface area contributed by atoms with Gasteiger partial charge in [-0.3, -0.25) is 4.79 Å². The molecule has 0 radical (unpaired) electrons. The first kappa shape index (κ1) is 17.9. The third kappa shape index (κ3) is 11.0. The second-order valence-electron chi connectivity index (χ2n) is 2.19. The van der Waals surface area contributed by atoms with Gasteiger partial charge < -0.3 is 13.8 Å². The number of halogens is 1. The molecule has 0 aromatic rings. The van der Waals surface area contributed by atoms with Gasteiger partial charge in [0.1, 0.15) is 0 Å². The molecule has 0 spiro atoms. The van der Waals surface area contributed by atoms with Crippen LogP contribution in [0.4, 0.5) is 0 Å². The molecule has 0 saturated heterocycles. The number of carbonyl (C=O) groups excluding carboxylic acids is 1. The summed E-state index contributed by atoms with van der Waals surface area (Å²) in [5.74, 6) is 0.0165. The monoisotopic (exact) mass is 400 g/mol. The van der Waals surface area contributed by atoms with Crippen LogP contribution in [0.2, 0.25) is 0 Å². The second kappa shape index (κ2) is 11.0. The van der Waals surface area contributed by atoms with Crippen LogP contribution in [-0.2, 0) is 4.79 Å². The van der Waals surface area contributed by atoms with Gasteiger partial charge in [-0.05, 0) is 11.6 Å². The summed E-state index contributed by atoms with van der Waals surface area (Å²) in [4.78, 5) is 10.4. The van der Waals surface area contributed by atoms with E-state index in [-0.39, 0.29) is 49.7 Å². The van der Waals surface area contributed by atoms with E-state index >= 15 is 0 Å². The van der Waals surface area contributed by atoms with Crippen molar-refractivity contribution in [3.8, 4) is 0 Å². The summed E-state index contributed by atoms with van der Waals surface area (Å²) >= 11 is 5.21. The smallest absolute Gasteiger partial charge is 0.358 e. The minimum Gasteiger partial charge on any atom is -0.358 e. The molecular weight excluding hydrogens is 386 g/mol. The minimum atomic E-state index is -0.225. The Morgan fingerprint density at radius 2 is 2.09 bits per heavy atom. The molecule has 0 saturated carbocycles. The Morgan fingerprint density at radius 1 is 1.64 bits per heavy atom. The van der Waals surface area contributed by atoms with Crippen molar-refractivity contribution < 1.29 is 35.9 Å². The third-order valence-electron chi connectivity index (χ3n) is 1.28. The molecular formula is C8H15ClOU. The van der Waals surface area contributed by atoms with E-state index in [1.807, 2.05) is 20.3 Å². The molecule has 0 aromatic heterocycles. The van der Waals surface area contributed by atoms with Gasteiger partial charge in [-0.2, -0.15) is 13.3 Å². The zero-order valence-electron chi connectivity index (χ0n) is 7.36. The summed E-state index contributed by atoms with van der Waals surface area (Å²) in [6, 6.07) is 0. The number of carbonyl (C=O) groups is 1.